The first-order valence-electron chi connectivity index (χ1n) is 12.5. The molecule has 8 nitrogen and oxygen atoms in total. The molecule has 0 aliphatic heterocycles. The second-order valence-corrected chi connectivity index (χ2v) is 51.9. The summed E-state index contributed by atoms with van der Waals surface area (Å²) in [5.41, 5.74) is 0. The maximum atomic E-state index is 10.2. The molecular weight excluding hydrogens is 597 g/mol. The fraction of sp³-hybridized carbons (Fsp3) is 1.00. The Hall–Kier alpha value is 1.63. The maximum absolute atomic E-state index is 10.2. The highest BCUT2D eigenvalue weighted by Gasteiger charge is 2.49. The predicted molar refractivity (Wildman–Crippen MR) is 169 cm³/mol. The topological polar surface area (TPSA) is 84.8 Å². The SMILES string of the molecule is C[SiH](C)[Si](C)(C)O[Si](C)(C)O[Si](C)(C)O[Si](C)(C)O[Si](C)(C)O[Si](C)(C)O[Si](C)(C)O[Si](C)(C)O. The zero-order valence-corrected chi connectivity index (χ0v) is 35.0. The van der Waals surface area contributed by atoms with Gasteiger partial charge in [-0.15, -0.1) is 0 Å². The molecule has 17 heteroatoms. The minimum absolute atomic E-state index is 0.874. The second kappa shape index (κ2) is 12.0. The molecule has 1 N–H and O–H groups in total. The summed E-state index contributed by atoms with van der Waals surface area (Å²) in [7, 11) is -20.4. The molecule has 0 spiro atoms. The average molecular weight is 653 g/mol. The Labute approximate surface area is 226 Å². The van der Waals surface area contributed by atoms with Gasteiger partial charge in [0.15, 0.2) is 7.83 Å². The Morgan fingerprint density at radius 1 is 0.371 bits per heavy atom. The standard InChI is InChI=1S/C18H56O8Si9/c1-27(2)35(17,18)26-34(15,16)25-33(13,14)24-32(11,12)23-31(9,10)22-30(7,8)21-29(5,6)20-28(3,4)19/h19,27H,1-18H3. The van der Waals surface area contributed by atoms with Gasteiger partial charge in [-0.05, 0) is 105 Å². The first kappa shape index (κ1) is 36.6. The molecule has 35 heavy (non-hydrogen) atoms. The molecule has 0 bridgehead atoms. The zero-order chi connectivity index (χ0) is 28.5. The molecule has 0 radical (unpaired) electrons. The van der Waals surface area contributed by atoms with E-state index in [0.717, 1.165) is 0 Å². The fourth-order valence-corrected chi connectivity index (χ4v) is 46.9. The van der Waals surface area contributed by atoms with Crippen LogP contribution >= 0.6 is 0 Å². The normalized spacial score (nSPS) is 15.8. The van der Waals surface area contributed by atoms with Gasteiger partial charge in [-0.2, -0.15) is 0 Å². The van der Waals surface area contributed by atoms with Crippen LogP contribution in [0, 0.1) is 0 Å². The quantitative estimate of drug-likeness (QED) is 0.223. The lowest BCUT2D eigenvalue weighted by Crippen LogP contribution is -2.62. The third kappa shape index (κ3) is 16.4. The first-order valence-corrected chi connectivity index (χ1v) is 39.3. The summed E-state index contributed by atoms with van der Waals surface area (Å²) < 4.78 is 45.5. The summed E-state index contributed by atoms with van der Waals surface area (Å²) in [5.74, 6) is 0. The molecule has 0 fully saturated rings. The Bertz CT molecular complexity index is 692. The molecule has 0 rings (SSSR count). The molecule has 212 valence electrons. The average Bonchev–Trinajstić information content (AvgIpc) is 2.33. The molecule has 0 aromatic heterocycles. The van der Waals surface area contributed by atoms with Crippen LogP contribution in [0.3, 0.4) is 0 Å². The van der Waals surface area contributed by atoms with Crippen LogP contribution in [0.2, 0.25) is 118 Å². The summed E-state index contributed by atoms with van der Waals surface area (Å²) in [6.07, 6.45) is 0. The van der Waals surface area contributed by atoms with E-state index < -0.39 is 76.1 Å². The van der Waals surface area contributed by atoms with Crippen LogP contribution in [-0.4, -0.2) is 80.9 Å². The summed E-state index contributed by atoms with van der Waals surface area (Å²) in [5, 5.41) is 0. The van der Waals surface area contributed by atoms with Crippen molar-refractivity contribution in [1.82, 2.24) is 0 Å². The van der Waals surface area contributed by atoms with E-state index in [1.54, 1.807) is 13.1 Å². The van der Waals surface area contributed by atoms with Crippen molar-refractivity contribution < 1.29 is 33.6 Å². The summed E-state index contributed by atoms with van der Waals surface area (Å²) in [4.78, 5) is 10.2. The lowest BCUT2D eigenvalue weighted by molar-refractivity contribution is 0.260. The highest BCUT2D eigenvalue weighted by Crippen LogP contribution is 2.29. The van der Waals surface area contributed by atoms with E-state index in [1.165, 1.54) is 0 Å². The van der Waals surface area contributed by atoms with E-state index in [1.807, 2.05) is 39.3 Å². The molecular formula is C18H56O8Si9. The van der Waals surface area contributed by atoms with Crippen LogP contribution in [0.5, 0.6) is 0 Å². The monoisotopic (exact) mass is 652 g/mol. The van der Waals surface area contributed by atoms with Gasteiger partial charge in [0.05, 0.1) is 8.31 Å². The lowest BCUT2D eigenvalue weighted by atomic mass is 11.9. The van der Waals surface area contributed by atoms with E-state index in [-0.39, 0.29) is 0 Å². The Morgan fingerprint density at radius 2 is 0.571 bits per heavy atom. The zero-order valence-electron chi connectivity index (χ0n) is 25.9. The van der Waals surface area contributed by atoms with Crippen LogP contribution in [0.15, 0.2) is 0 Å². The van der Waals surface area contributed by atoms with Crippen molar-refractivity contribution in [3.63, 3.8) is 0 Å². The Morgan fingerprint density at radius 3 is 0.771 bits per heavy atom. The molecule has 0 aromatic rings. The maximum Gasteiger partial charge on any atom is 0.320 e. The van der Waals surface area contributed by atoms with Crippen molar-refractivity contribution in [1.29, 1.82) is 0 Å². The summed E-state index contributed by atoms with van der Waals surface area (Å²) in [6, 6.07) is 0. The van der Waals surface area contributed by atoms with Crippen molar-refractivity contribution >= 4 is 76.1 Å². The van der Waals surface area contributed by atoms with E-state index in [4.69, 9.17) is 28.8 Å². The van der Waals surface area contributed by atoms with Gasteiger partial charge in [0.2, 0.25) is 0 Å². The number of hydrogen-bond acceptors (Lipinski definition) is 8. The van der Waals surface area contributed by atoms with Gasteiger partial charge in [-0.25, -0.2) is 0 Å². The van der Waals surface area contributed by atoms with Crippen molar-refractivity contribution in [3.05, 3.63) is 0 Å². The predicted octanol–water partition coefficient (Wildman–Crippen LogP) is 5.78. The first-order chi connectivity index (χ1) is 14.9. The molecule has 0 aromatic carbocycles. The highest BCUT2D eigenvalue weighted by molar-refractivity contribution is 7.29. The van der Waals surface area contributed by atoms with Gasteiger partial charge < -0.3 is 33.6 Å². The van der Waals surface area contributed by atoms with E-state index in [2.05, 4.69) is 65.5 Å². The van der Waals surface area contributed by atoms with Gasteiger partial charge in [-0.1, -0.05) is 13.1 Å². The van der Waals surface area contributed by atoms with Gasteiger partial charge in [0, 0.05) is 0 Å². The van der Waals surface area contributed by atoms with Crippen LogP contribution < -0.4 is 0 Å². The largest absolute Gasteiger partial charge is 0.439 e. The second-order valence-electron chi connectivity index (χ2n) is 13.3. The summed E-state index contributed by atoms with van der Waals surface area (Å²) >= 11 is 0. The molecule has 0 saturated carbocycles. The van der Waals surface area contributed by atoms with Crippen LogP contribution in [0.4, 0.5) is 0 Å². The molecule has 0 amide bonds. The Kier molecular flexibility index (Phi) is 12.6. The molecule has 0 heterocycles. The molecule has 0 atom stereocenters. The van der Waals surface area contributed by atoms with Crippen molar-refractivity contribution in [3.8, 4) is 0 Å². The van der Waals surface area contributed by atoms with Crippen molar-refractivity contribution in [2.75, 3.05) is 0 Å². The molecule has 0 aliphatic carbocycles. The van der Waals surface area contributed by atoms with Crippen molar-refractivity contribution in [2.45, 2.75) is 118 Å². The Balaban J connectivity index is 5.33. The van der Waals surface area contributed by atoms with E-state index >= 15 is 0 Å². The van der Waals surface area contributed by atoms with Gasteiger partial charge >= 0.3 is 59.9 Å². The number of rotatable bonds is 15. The smallest absolute Gasteiger partial charge is 0.320 e. The van der Waals surface area contributed by atoms with Crippen molar-refractivity contribution in [2.24, 2.45) is 0 Å². The van der Waals surface area contributed by atoms with Crippen LogP contribution in [0.25, 0.3) is 0 Å². The van der Waals surface area contributed by atoms with Crippen LogP contribution in [-0.2, 0) is 28.8 Å². The minimum atomic E-state index is -2.70. The lowest BCUT2D eigenvalue weighted by Gasteiger charge is -2.44. The fourth-order valence-electron chi connectivity index (χ4n) is 4.44. The highest BCUT2D eigenvalue weighted by atomic mass is 29.2. The van der Waals surface area contributed by atoms with Gasteiger partial charge in [0.1, 0.15) is 0 Å². The minimum Gasteiger partial charge on any atom is -0.439 e. The van der Waals surface area contributed by atoms with Gasteiger partial charge in [-0.3, -0.25) is 0 Å². The van der Waals surface area contributed by atoms with E-state index in [9.17, 15) is 4.80 Å². The molecule has 0 aliphatic rings. The third-order valence-electron chi connectivity index (χ3n) is 4.85. The molecule has 0 unspecified atom stereocenters. The third-order valence-corrected chi connectivity index (χ3v) is 44.7. The van der Waals surface area contributed by atoms with Gasteiger partial charge in [0.25, 0.3) is 0 Å². The van der Waals surface area contributed by atoms with E-state index in [0.29, 0.717) is 0 Å². The molecule has 0 saturated heterocycles. The number of hydrogen-bond donors (Lipinski definition) is 1. The van der Waals surface area contributed by atoms with Crippen LogP contribution in [0.1, 0.15) is 0 Å². The summed E-state index contributed by atoms with van der Waals surface area (Å²) in [6.45, 7) is 37.5.